The van der Waals surface area contributed by atoms with Crippen LogP contribution in [0.5, 0.6) is 0 Å². The molecule has 1 unspecified atom stereocenters. The van der Waals surface area contributed by atoms with Gasteiger partial charge in [0, 0.05) is 0 Å². The molecule has 0 spiro atoms. The third kappa shape index (κ3) is 2.75. The molecule has 1 aromatic rings. The largest absolute Gasteiger partial charge is 0.477 e. The Balaban J connectivity index is 2.18. The van der Waals surface area contributed by atoms with Gasteiger partial charge in [-0.25, -0.2) is 18.2 Å². The Kier molecular flexibility index (Phi) is 3.09. The normalized spacial score (nSPS) is 25.1. The first-order valence-electron chi connectivity index (χ1n) is 5.52. The van der Waals surface area contributed by atoms with E-state index in [2.05, 4.69) is 15.3 Å². The van der Waals surface area contributed by atoms with Crippen LogP contribution in [-0.2, 0) is 9.84 Å². The van der Waals surface area contributed by atoms with Gasteiger partial charge in [0.15, 0.2) is 21.2 Å². The standard InChI is InChI=1S/C10H13N3O5S/c1-10(2-3-19(17,18)4-10)13-8(14)6-7(9(15)16)12-5-11-6/h5H,2-4H2,1H3,(H,11,12)(H,13,14)(H,15,16). The van der Waals surface area contributed by atoms with E-state index < -0.39 is 27.3 Å². The van der Waals surface area contributed by atoms with Crippen LogP contribution in [0.15, 0.2) is 6.33 Å². The van der Waals surface area contributed by atoms with E-state index in [1.165, 1.54) is 0 Å². The number of carbonyl (C=O) groups is 2. The third-order valence-electron chi connectivity index (χ3n) is 2.99. The molecule has 3 N–H and O–H groups in total. The van der Waals surface area contributed by atoms with Gasteiger partial charge in [-0.3, -0.25) is 4.79 Å². The van der Waals surface area contributed by atoms with Gasteiger partial charge in [0.2, 0.25) is 0 Å². The zero-order chi connectivity index (χ0) is 14.3. The highest BCUT2D eigenvalue weighted by molar-refractivity contribution is 7.91. The van der Waals surface area contributed by atoms with Gasteiger partial charge >= 0.3 is 5.97 Å². The van der Waals surface area contributed by atoms with Gasteiger partial charge in [0.1, 0.15) is 0 Å². The predicted molar refractivity (Wildman–Crippen MR) is 64.7 cm³/mol. The van der Waals surface area contributed by atoms with Crippen molar-refractivity contribution >= 4 is 21.7 Å². The minimum absolute atomic E-state index is 0.0101. The molecule has 1 amide bonds. The van der Waals surface area contributed by atoms with Crippen LogP contribution >= 0.6 is 0 Å². The maximum absolute atomic E-state index is 12.0. The molecule has 0 bridgehead atoms. The average Bonchev–Trinajstić information content (AvgIpc) is 2.83. The SMILES string of the molecule is CC1(NC(=O)c2nc[nH]c2C(=O)O)CCS(=O)(=O)C1. The van der Waals surface area contributed by atoms with Gasteiger partial charge < -0.3 is 15.4 Å². The highest BCUT2D eigenvalue weighted by atomic mass is 32.2. The number of rotatable bonds is 3. The summed E-state index contributed by atoms with van der Waals surface area (Å²) >= 11 is 0. The molecule has 0 saturated carbocycles. The molecule has 0 aromatic carbocycles. The van der Waals surface area contributed by atoms with Crippen LogP contribution in [0.2, 0.25) is 0 Å². The molecule has 1 fully saturated rings. The minimum Gasteiger partial charge on any atom is -0.477 e. The average molecular weight is 287 g/mol. The van der Waals surface area contributed by atoms with Gasteiger partial charge in [0.25, 0.3) is 5.91 Å². The summed E-state index contributed by atoms with van der Waals surface area (Å²) in [6, 6.07) is 0. The lowest BCUT2D eigenvalue weighted by Crippen LogP contribution is -2.47. The number of hydrogen-bond acceptors (Lipinski definition) is 5. The lowest BCUT2D eigenvalue weighted by Gasteiger charge is -2.23. The molecule has 0 aliphatic carbocycles. The van der Waals surface area contributed by atoms with E-state index in [1.54, 1.807) is 6.92 Å². The van der Waals surface area contributed by atoms with E-state index >= 15 is 0 Å². The van der Waals surface area contributed by atoms with Crippen molar-refractivity contribution in [1.82, 2.24) is 15.3 Å². The first-order chi connectivity index (χ1) is 8.72. The van der Waals surface area contributed by atoms with E-state index in [0.29, 0.717) is 6.42 Å². The van der Waals surface area contributed by atoms with Crippen molar-refractivity contribution in [3.63, 3.8) is 0 Å². The number of imidazole rings is 1. The number of nitrogens with one attached hydrogen (secondary N) is 2. The lowest BCUT2D eigenvalue weighted by molar-refractivity contribution is 0.0683. The molecule has 1 aromatic heterocycles. The molecule has 8 nitrogen and oxygen atoms in total. The molecule has 19 heavy (non-hydrogen) atoms. The van der Waals surface area contributed by atoms with E-state index in [4.69, 9.17) is 5.11 Å². The summed E-state index contributed by atoms with van der Waals surface area (Å²) in [7, 11) is -3.15. The second-order valence-electron chi connectivity index (χ2n) is 4.79. The molecule has 1 aliphatic rings. The molecule has 2 rings (SSSR count). The maximum atomic E-state index is 12.0. The second kappa shape index (κ2) is 4.34. The Morgan fingerprint density at radius 2 is 2.21 bits per heavy atom. The van der Waals surface area contributed by atoms with Crippen molar-refractivity contribution in [1.29, 1.82) is 0 Å². The van der Waals surface area contributed by atoms with Crippen LogP contribution in [0.1, 0.15) is 34.3 Å². The molecular formula is C10H13N3O5S. The number of hydrogen-bond donors (Lipinski definition) is 3. The number of aromatic nitrogens is 2. The summed E-state index contributed by atoms with van der Waals surface area (Å²) in [5.41, 5.74) is -1.45. The first kappa shape index (κ1) is 13.5. The topological polar surface area (TPSA) is 129 Å². The summed E-state index contributed by atoms with van der Waals surface area (Å²) in [4.78, 5) is 28.8. The molecule has 1 atom stereocenters. The van der Waals surface area contributed by atoms with E-state index in [1.807, 2.05) is 0 Å². The van der Waals surface area contributed by atoms with Gasteiger partial charge in [-0.15, -0.1) is 0 Å². The highest BCUT2D eigenvalue weighted by Gasteiger charge is 2.40. The van der Waals surface area contributed by atoms with Gasteiger partial charge in [0.05, 0.1) is 23.4 Å². The fourth-order valence-electron chi connectivity index (χ4n) is 2.07. The van der Waals surface area contributed by atoms with Crippen molar-refractivity contribution in [3.05, 3.63) is 17.7 Å². The monoisotopic (exact) mass is 287 g/mol. The fraction of sp³-hybridized carbons (Fsp3) is 0.500. The summed E-state index contributed by atoms with van der Waals surface area (Å²) in [5.74, 6) is -2.14. The third-order valence-corrected chi connectivity index (χ3v) is 4.89. The minimum atomic E-state index is -3.15. The van der Waals surface area contributed by atoms with Gasteiger partial charge in [-0.1, -0.05) is 0 Å². The molecule has 0 radical (unpaired) electrons. The van der Waals surface area contributed by atoms with Crippen molar-refractivity contribution in [3.8, 4) is 0 Å². The van der Waals surface area contributed by atoms with Crippen molar-refractivity contribution < 1.29 is 23.1 Å². The zero-order valence-electron chi connectivity index (χ0n) is 10.1. The van der Waals surface area contributed by atoms with Crippen LogP contribution in [-0.4, -0.2) is 52.4 Å². The zero-order valence-corrected chi connectivity index (χ0v) is 11.0. The number of carboxylic acid groups (broad SMARTS) is 1. The summed E-state index contributed by atoms with van der Waals surface area (Å²) in [5, 5.41) is 11.4. The number of amides is 1. The fourth-order valence-corrected chi connectivity index (χ4v) is 4.16. The van der Waals surface area contributed by atoms with Gasteiger partial charge in [-0.05, 0) is 13.3 Å². The number of H-pyrrole nitrogens is 1. The summed E-state index contributed by atoms with van der Waals surface area (Å²) in [6.45, 7) is 1.61. The Labute approximate surface area is 109 Å². The van der Waals surface area contributed by atoms with E-state index in [0.717, 1.165) is 6.33 Å². The molecule has 104 valence electrons. The Morgan fingerprint density at radius 1 is 1.53 bits per heavy atom. The van der Waals surface area contributed by atoms with E-state index in [9.17, 15) is 18.0 Å². The van der Waals surface area contributed by atoms with Gasteiger partial charge in [-0.2, -0.15) is 0 Å². The van der Waals surface area contributed by atoms with Crippen LogP contribution in [0.4, 0.5) is 0 Å². The molecule has 1 aliphatic heterocycles. The second-order valence-corrected chi connectivity index (χ2v) is 6.97. The Bertz CT molecular complexity index is 635. The highest BCUT2D eigenvalue weighted by Crippen LogP contribution is 2.23. The lowest BCUT2D eigenvalue weighted by atomic mass is 10.0. The Morgan fingerprint density at radius 3 is 2.74 bits per heavy atom. The summed E-state index contributed by atoms with van der Waals surface area (Å²) < 4.78 is 22.8. The maximum Gasteiger partial charge on any atom is 0.354 e. The number of nitrogens with zero attached hydrogens (tertiary/aromatic N) is 1. The van der Waals surface area contributed by atoms with Crippen molar-refractivity contribution in [2.24, 2.45) is 0 Å². The molecule has 2 heterocycles. The number of sulfone groups is 1. The molecular weight excluding hydrogens is 274 g/mol. The predicted octanol–water partition coefficient (Wildman–Crippen LogP) is -0.585. The van der Waals surface area contributed by atoms with E-state index in [-0.39, 0.29) is 22.9 Å². The Hall–Kier alpha value is -1.90. The number of aromatic amines is 1. The van der Waals surface area contributed by atoms with Crippen LogP contribution in [0.3, 0.4) is 0 Å². The quantitative estimate of drug-likeness (QED) is 0.681. The molecule has 1 saturated heterocycles. The van der Waals surface area contributed by atoms with Crippen molar-refractivity contribution in [2.75, 3.05) is 11.5 Å². The first-order valence-corrected chi connectivity index (χ1v) is 7.34. The number of carbonyl (C=O) groups excluding carboxylic acids is 1. The smallest absolute Gasteiger partial charge is 0.354 e. The summed E-state index contributed by atoms with van der Waals surface area (Å²) in [6.07, 6.45) is 1.40. The number of carboxylic acids is 1. The van der Waals surface area contributed by atoms with Crippen LogP contribution < -0.4 is 5.32 Å². The van der Waals surface area contributed by atoms with Crippen molar-refractivity contribution in [2.45, 2.75) is 18.9 Å². The van der Waals surface area contributed by atoms with Crippen LogP contribution in [0.25, 0.3) is 0 Å². The number of aromatic carboxylic acids is 1. The molecule has 9 heteroatoms. The van der Waals surface area contributed by atoms with Crippen LogP contribution in [0, 0.1) is 0 Å².